The van der Waals surface area contributed by atoms with Gasteiger partial charge in [-0.25, -0.2) is 0 Å². The van der Waals surface area contributed by atoms with Gasteiger partial charge in [-0.15, -0.1) is 0 Å². The zero-order valence-corrected chi connectivity index (χ0v) is 19.5. The molecule has 170 valence electrons. The van der Waals surface area contributed by atoms with Gasteiger partial charge >= 0.3 is 0 Å². The van der Waals surface area contributed by atoms with E-state index in [4.69, 9.17) is 0 Å². The summed E-state index contributed by atoms with van der Waals surface area (Å²) in [4.78, 5) is 35.3. The van der Waals surface area contributed by atoms with Gasteiger partial charge in [0.15, 0.2) is 0 Å². The minimum Gasteiger partial charge on any atom is -0.300 e. The van der Waals surface area contributed by atoms with Crippen LogP contribution in [-0.2, 0) is 22.4 Å². The van der Waals surface area contributed by atoms with E-state index in [1.54, 1.807) is 12.4 Å². The van der Waals surface area contributed by atoms with E-state index in [0.29, 0.717) is 32.2 Å². The molecule has 2 atom stereocenters. The minimum atomic E-state index is 0.100. The molecule has 0 aromatic heterocycles. The highest BCUT2D eigenvalue weighted by atomic mass is 16.1. The van der Waals surface area contributed by atoms with Crippen LogP contribution in [0, 0.1) is 0 Å². The van der Waals surface area contributed by atoms with Gasteiger partial charge in [-0.1, -0.05) is 60.7 Å². The Hall–Kier alpha value is -2.92. The Morgan fingerprint density at radius 2 is 1.34 bits per heavy atom. The van der Waals surface area contributed by atoms with Crippen molar-refractivity contribution in [2.24, 2.45) is 9.98 Å². The second kappa shape index (κ2) is 14.2. The van der Waals surface area contributed by atoms with Gasteiger partial charge in [0.05, 0.1) is 12.6 Å². The molecule has 0 aliphatic carbocycles. The Labute approximate surface area is 192 Å². The number of carbonyl (C=O) groups is 2. The van der Waals surface area contributed by atoms with Gasteiger partial charge in [0.1, 0.15) is 11.6 Å². The Balaban J connectivity index is 1.63. The van der Waals surface area contributed by atoms with Crippen molar-refractivity contribution in [3.63, 3.8) is 0 Å². The maximum absolute atomic E-state index is 12.1. The summed E-state index contributed by atoms with van der Waals surface area (Å²) in [7, 11) is 2.05. The molecule has 2 rings (SSSR count). The molecule has 0 saturated heterocycles. The Bertz CT molecular complexity index is 878. The normalized spacial score (nSPS) is 13.6. The Morgan fingerprint density at radius 1 is 0.844 bits per heavy atom. The van der Waals surface area contributed by atoms with Crippen molar-refractivity contribution in [1.29, 1.82) is 0 Å². The van der Waals surface area contributed by atoms with Gasteiger partial charge in [-0.3, -0.25) is 24.5 Å². The van der Waals surface area contributed by atoms with Gasteiger partial charge in [0, 0.05) is 50.7 Å². The fourth-order valence-electron chi connectivity index (χ4n) is 3.30. The number of nitrogens with zero attached hydrogens (tertiary/aromatic N) is 3. The van der Waals surface area contributed by atoms with Crippen LogP contribution in [0.3, 0.4) is 0 Å². The largest absolute Gasteiger partial charge is 0.300 e. The van der Waals surface area contributed by atoms with Gasteiger partial charge < -0.3 is 0 Å². The quantitative estimate of drug-likeness (QED) is 0.419. The number of carbonyl (C=O) groups excluding carboxylic acids is 2. The van der Waals surface area contributed by atoms with E-state index in [9.17, 15) is 9.59 Å². The third-order valence-electron chi connectivity index (χ3n) is 5.29. The van der Waals surface area contributed by atoms with Gasteiger partial charge in [0.25, 0.3) is 0 Å². The van der Waals surface area contributed by atoms with Crippen LogP contribution in [0.15, 0.2) is 70.6 Å². The molecular weight excluding hydrogens is 398 g/mol. The first-order valence-electron chi connectivity index (χ1n) is 11.3. The highest BCUT2D eigenvalue weighted by Gasteiger charge is 2.11. The van der Waals surface area contributed by atoms with Gasteiger partial charge in [-0.05, 0) is 32.0 Å². The number of likely N-dealkylation sites (N-methyl/N-ethyl adjacent to an activating group) is 1. The Morgan fingerprint density at radius 3 is 1.88 bits per heavy atom. The van der Waals surface area contributed by atoms with E-state index in [1.807, 2.05) is 74.6 Å². The number of ketones is 2. The average molecular weight is 434 g/mol. The monoisotopic (exact) mass is 433 g/mol. The number of aliphatic imine (C=N–C) groups is 2. The van der Waals surface area contributed by atoms with Crippen molar-refractivity contribution >= 4 is 24.0 Å². The van der Waals surface area contributed by atoms with E-state index >= 15 is 0 Å². The van der Waals surface area contributed by atoms with E-state index in [0.717, 1.165) is 17.7 Å². The summed E-state index contributed by atoms with van der Waals surface area (Å²) >= 11 is 0. The lowest BCUT2D eigenvalue weighted by atomic mass is 10.1. The summed E-state index contributed by atoms with van der Waals surface area (Å²) in [6.45, 7) is 5.59. The van der Waals surface area contributed by atoms with Crippen LogP contribution in [0.25, 0.3) is 0 Å². The first-order valence-corrected chi connectivity index (χ1v) is 11.3. The van der Waals surface area contributed by atoms with Crippen LogP contribution in [-0.4, -0.2) is 61.1 Å². The molecule has 0 saturated carbocycles. The molecule has 0 spiro atoms. The lowest BCUT2D eigenvalue weighted by Gasteiger charge is -2.24. The van der Waals surface area contributed by atoms with Crippen LogP contribution < -0.4 is 0 Å². The maximum Gasteiger partial charge on any atom is 0.142 e. The first kappa shape index (κ1) is 25.3. The minimum absolute atomic E-state index is 0.100. The molecule has 0 aliphatic rings. The zero-order chi connectivity index (χ0) is 23.2. The highest BCUT2D eigenvalue weighted by Crippen LogP contribution is 2.04. The van der Waals surface area contributed by atoms with Gasteiger partial charge in [-0.2, -0.15) is 0 Å². The summed E-state index contributed by atoms with van der Waals surface area (Å²) in [5.41, 5.74) is 2.07. The fourth-order valence-corrected chi connectivity index (χ4v) is 3.30. The van der Waals surface area contributed by atoms with Crippen molar-refractivity contribution in [1.82, 2.24) is 4.90 Å². The number of rotatable bonds is 14. The van der Waals surface area contributed by atoms with Crippen LogP contribution in [0.5, 0.6) is 0 Å². The van der Waals surface area contributed by atoms with Crippen molar-refractivity contribution in [3.05, 3.63) is 71.8 Å². The van der Waals surface area contributed by atoms with Crippen molar-refractivity contribution in [3.8, 4) is 0 Å². The lowest BCUT2D eigenvalue weighted by molar-refractivity contribution is -0.118. The lowest BCUT2D eigenvalue weighted by Crippen LogP contribution is -2.36. The van der Waals surface area contributed by atoms with Crippen molar-refractivity contribution in [2.45, 2.75) is 51.6 Å². The molecule has 2 unspecified atom stereocenters. The second-order valence-electron chi connectivity index (χ2n) is 8.33. The molecule has 2 aromatic carbocycles. The van der Waals surface area contributed by atoms with E-state index < -0.39 is 0 Å². The first-order chi connectivity index (χ1) is 15.4. The zero-order valence-electron chi connectivity index (χ0n) is 19.5. The summed E-state index contributed by atoms with van der Waals surface area (Å²) in [5.74, 6) is 0.343. The number of hydrogen-bond donors (Lipinski definition) is 0. The molecule has 2 aromatic rings. The molecule has 0 N–H and O–H groups in total. The average Bonchev–Trinajstić information content (AvgIpc) is 2.78. The molecule has 5 heteroatoms. The third-order valence-corrected chi connectivity index (χ3v) is 5.29. The van der Waals surface area contributed by atoms with E-state index in [2.05, 4.69) is 21.8 Å². The van der Waals surface area contributed by atoms with Gasteiger partial charge in [0.2, 0.25) is 0 Å². The Kier molecular flexibility index (Phi) is 11.2. The summed E-state index contributed by atoms with van der Waals surface area (Å²) in [6, 6.07) is 19.9. The second-order valence-corrected chi connectivity index (χ2v) is 8.33. The van der Waals surface area contributed by atoms with E-state index in [1.165, 1.54) is 0 Å². The number of Topliss-reactive ketones (excluding diaryl/α,β-unsaturated/α-hetero) is 2. The fraction of sp³-hybridized carbons (Fsp3) is 0.407. The van der Waals surface area contributed by atoms with Crippen LogP contribution in [0.2, 0.25) is 0 Å². The van der Waals surface area contributed by atoms with Crippen molar-refractivity contribution < 1.29 is 9.59 Å². The third kappa shape index (κ3) is 10.4. The topological polar surface area (TPSA) is 62.1 Å². The SMILES string of the molecule is CC(CN(C)C(C)CN=CCC(=O)Cc1ccccc1)N=CCC(=O)Cc1ccccc1. The number of hydrogen-bond acceptors (Lipinski definition) is 5. The molecule has 0 heterocycles. The van der Waals surface area contributed by atoms with Crippen LogP contribution in [0.4, 0.5) is 0 Å². The molecule has 0 fully saturated rings. The summed E-state index contributed by atoms with van der Waals surface area (Å²) in [5, 5.41) is 0. The maximum atomic E-state index is 12.1. The molecule has 0 radical (unpaired) electrons. The molecule has 0 aliphatic heterocycles. The molecule has 32 heavy (non-hydrogen) atoms. The highest BCUT2D eigenvalue weighted by molar-refractivity contribution is 5.93. The summed E-state index contributed by atoms with van der Waals surface area (Å²) < 4.78 is 0. The molecule has 5 nitrogen and oxygen atoms in total. The molecule has 0 bridgehead atoms. The standard InChI is InChI=1S/C27H35N3O2/c1-22(29-17-15-27(32)19-25-12-8-5-9-13-25)21-30(3)23(2)20-28-16-14-26(31)18-24-10-6-4-7-11-24/h4-13,16-17,22-23H,14-15,18-21H2,1-3H3. The number of benzene rings is 2. The molecular formula is C27H35N3O2. The molecule has 0 amide bonds. The predicted octanol–water partition coefficient (Wildman–Crippen LogP) is 4.24. The van der Waals surface area contributed by atoms with Crippen molar-refractivity contribution in [2.75, 3.05) is 20.1 Å². The summed E-state index contributed by atoms with van der Waals surface area (Å²) in [6.07, 6.45) is 5.10. The predicted molar refractivity (Wildman–Crippen MR) is 133 cm³/mol. The van der Waals surface area contributed by atoms with E-state index in [-0.39, 0.29) is 23.7 Å². The van der Waals surface area contributed by atoms with Crippen LogP contribution in [0.1, 0.15) is 37.8 Å². The smallest absolute Gasteiger partial charge is 0.142 e. The van der Waals surface area contributed by atoms with Crippen LogP contribution >= 0.6 is 0 Å².